The number of nitrogens with one attached hydrogen (secondary N) is 1. The Morgan fingerprint density at radius 1 is 1.23 bits per heavy atom. The van der Waals surface area contributed by atoms with Gasteiger partial charge in [-0.15, -0.1) is 0 Å². The largest absolute Gasteiger partial charge is 0.507 e. The van der Waals surface area contributed by atoms with Crippen LogP contribution in [0.2, 0.25) is 0 Å². The highest BCUT2D eigenvalue weighted by Gasteiger charge is 2.33. The minimum absolute atomic E-state index is 0.0243. The molecule has 1 aromatic heterocycles. The summed E-state index contributed by atoms with van der Waals surface area (Å²) in [5.41, 5.74) is 1.83. The van der Waals surface area contributed by atoms with Gasteiger partial charge in [-0.1, -0.05) is 49.6 Å². The summed E-state index contributed by atoms with van der Waals surface area (Å²) in [7, 11) is 0. The van der Waals surface area contributed by atoms with Gasteiger partial charge in [0.25, 0.3) is 0 Å². The van der Waals surface area contributed by atoms with Crippen LogP contribution in [0.4, 0.5) is 0 Å². The summed E-state index contributed by atoms with van der Waals surface area (Å²) in [5, 5.41) is 27.0. The minimum atomic E-state index is -1.11. The zero-order chi connectivity index (χ0) is 27.4. The second-order valence-corrected chi connectivity index (χ2v) is 10.4. The highest BCUT2D eigenvalue weighted by Crippen LogP contribution is 2.47. The summed E-state index contributed by atoms with van der Waals surface area (Å²) >= 11 is 0. The Labute approximate surface area is 228 Å². The summed E-state index contributed by atoms with van der Waals surface area (Å²) in [6, 6.07) is 6.92. The van der Waals surface area contributed by atoms with Crippen molar-refractivity contribution in [2.45, 2.75) is 45.1 Å². The van der Waals surface area contributed by atoms with Gasteiger partial charge in [0.1, 0.15) is 23.2 Å². The molecule has 1 unspecified atom stereocenters. The number of aromatic hydroxyl groups is 1. The number of carboxylic acids is 1. The van der Waals surface area contributed by atoms with Crippen molar-refractivity contribution in [3.63, 3.8) is 0 Å². The third-order valence-electron chi connectivity index (χ3n) is 8.05. The highest BCUT2D eigenvalue weighted by atomic mass is 16.5. The fraction of sp³-hybridized carbons (Fsp3) is 0.419. The second kappa shape index (κ2) is 12.1. The molecule has 3 N–H and O–H groups in total. The number of hydrogen-bond acceptors (Lipinski definition) is 7. The van der Waals surface area contributed by atoms with Gasteiger partial charge in [-0.3, -0.25) is 4.90 Å². The van der Waals surface area contributed by atoms with E-state index in [1.165, 1.54) is 25.5 Å². The number of aliphatic imine (C=N–C) groups is 1. The van der Waals surface area contributed by atoms with Gasteiger partial charge in [0, 0.05) is 54.0 Å². The first-order chi connectivity index (χ1) is 19.0. The lowest BCUT2D eigenvalue weighted by Gasteiger charge is -2.37. The summed E-state index contributed by atoms with van der Waals surface area (Å²) in [5.74, 6) is -0.119. The Morgan fingerprint density at radius 2 is 1.95 bits per heavy atom. The van der Waals surface area contributed by atoms with E-state index in [-0.39, 0.29) is 11.3 Å². The molecule has 0 radical (unpaired) electrons. The summed E-state index contributed by atoms with van der Waals surface area (Å²) < 4.78 is 12.0. The number of piperazine rings is 1. The van der Waals surface area contributed by atoms with E-state index in [0.717, 1.165) is 31.5 Å². The average molecular weight is 532 g/mol. The summed E-state index contributed by atoms with van der Waals surface area (Å²) in [4.78, 5) is 18.8. The van der Waals surface area contributed by atoms with E-state index in [4.69, 9.17) is 9.15 Å². The number of nitrogens with zero attached hydrogens (tertiary/aromatic N) is 2. The lowest BCUT2D eigenvalue weighted by Crippen LogP contribution is -2.45. The summed E-state index contributed by atoms with van der Waals surface area (Å²) in [6.07, 6.45) is 11.2. The Hall–Kier alpha value is -3.62. The molecule has 3 aromatic rings. The van der Waals surface area contributed by atoms with Crippen LogP contribution in [-0.2, 0) is 4.74 Å². The van der Waals surface area contributed by atoms with Gasteiger partial charge in [-0.2, -0.15) is 0 Å². The van der Waals surface area contributed by atoms with Crippen molar-refractivity contribution in [1.29, 1.82) is 0 Å². The van der Waals surface area contributed by atoms with Crippen LogP contribution in [0.1, 0.15) is 61.0 Å². The molecule has 1 saturated heterocycles. The Morgan fingerprint density at radius 3 is 2.62 bits per heavy atom. The van der Waals surface area contributed by atoms with E-state index in [1.54, 1.807) is 0 Å². The van der Waals surface area contributed by atoms with Crippen LogP contribution < -0.4 is 5.32 Å². The molecule has 1 aliphatic heterocycles. The average Bonchev–Trinajstić information content (AvgIpc) is 3.42. The number of ether oxygens (including phenoxy) is 1. The molecule has 0 amide bonds. The zero-order valence-electron chi connectivity index (χ0n) is 22.5. The van der Waals surface area contributed by atoms with Crippen LogP contribution in [0.15, 0.2) is 63.5 Å². The first kappa shape index (κ1) is 27.0. The van der Waals surface area contributed by atoms with Gasteiger partial charge in [0.15, 0.2) is 0 Å². The number of hydrogen-bond donors (Lipinski definition) is 3. The van der Waals surface area contributed by atoms with Crippen LogP contribution in [-0.4, -0.2) is 60.6 Å². The van der Waals surface area contributed by atoms with Crippen LogP contribution >= 0.6 is 0 Å². The molecule has 2 fully saturated rings. The van der Waals surface area contributed by atoms with Crippen molar-refractivity contribution in [3.8, 4) is 5.75 Å². The lowest BCUT2D eigenvalue weighted by atomic mass is 9.88. The predicted molar refractivity (Wildman–Crippen MR) is 153 cm³/mol. The zero-order valence-corrected chi connectivity index (χ0v) is 22.5. The number of allylic oxidation sites excluding steroid dienone is 1. The monoisotopic (exact) mass is 531 g/mol. The summed E-state index contributed by atoms with van der Waals surface area (Å²) in [6.45, 7) is 9.26. The standard InChI is InChI=1S/C31H37N3O5/c1-3-21(17-25(32-2)38-18-20-9-5-4-6-10-20)28(34-15-13-33-14-16-34)27-26-24(31(36)37)19-39-30(26)23-12-8-7-11-22(23)29(27)35/h3,7-8,11-12,17,19-20,28,33,35H,2,4-6,9-10,13-16,18H2,1H3,(H,36,37)/b21-3+,25-17+. The Bertz CT molecular complexity index is 1410. The van der Waals surface area contributed by atoms with E-state index in [0.29, 0.717) is 58.8 Å². The fourth-order valence-electron chi connectivity index (χ4n) is 6.05. The second-order valence-electron chi connectivity index (χ2n) is 10.4. The van der Waals surface area contributed by atoms with Gasteiger partial charge in [0.05, 0.1) is 12.6 Å². The molecule has 0 bridgehead atoms. The number of phenols is 1. The molecule has 0 spiro atoms. The topological polar surface area (TPSA) is 108 Å². The molecule has 8 nitrogen and oxygen atoms in total. The van der Waals surface area contributed by atoms with E-state index < -0.39 is 12.0 Å². The first-order valence-corrected chi connectivity index (χ1v) is 13.8. The van der Waals surface area contributed by atoms with Crippen LogP contribution in [0, 0.1) is 5.92 Å². The maximum absolute atomic E-state index is 12.3. The lowest BCUT2D eigenvalue weighted by molar-refractivity contribution is 0.0697. The molecule has 1 atom stereocenters. The number of carboxylic acid groups (broad SMARTS) is 1. The van der Waals surface area contributed by atoms with Gasteiger partial charge in [-0.05, 0) is 38.0 Å². The van der Waals surface area contributed by atoms with Gasteiger partial charge in [-0.25, -0.2) is 9.79 Å². The van der Waals surface area contributed by atoms with Crippen molar-refractivity contribution in [1.82, 2.24) is 10.2 Å². The Balaban J connectivity index is 1.66. The molecule has 1 aliphatic carbocycles. The van der Waals surface area contributed by atoms with Crippen molar-refractivity contribution in [2.75, 3.05) is 32.8 Å². The number of phenolic OH excluding ortho intramolecular Hbond substituents is 1. The minimum Gasteiger partial charge on any atom is -0.507 e. The van der Waals surface area contributed by atoms with Crippen molar-refractivity contribution >= 4 is 34.4 Å². The SMILES string of the molecule is C=N/C(=C\C(=C/C)C(c1c(O)c2ccccc2c2occ(C(=O)O)c12)N1CCNCC1)OCC1CCCCC1. The number of furan rings is 1. The maximum atomic E-state index is 12.3. The molecule has 5 rings (SSSR count). The number of carbonyl (C=O) groups is 1. The van der Waals surface area contributed by atoms with Crippen molar-refractivity contribution in [3.05, 3.63) is 65.3 Å². The van der Waals surface area contributed by atoms with Crippen LogP contribution in [0.25, 0.3) is 21.7 Å². The van der Waals surface area contributed by atoms with Crippen LogP contribution in [0.5, 0.6) is 5.75 Å². The third kappa shape index (κ3) is 5.44. The third-order valence-corrected chi connectivity index (χ3v) is 8.05. The highest BCUT2D eigenvalue weighted by molar-refractivity contribution is 6.15. The van der Waals surface area contributed by atoms with Crippen molar-refractivity contribution < 1.29 is 24.2 Å². The molecule has 8 heteroatoms. The molecule has 2 aromatic carbocycles. The molecule has 1 saturated carbocycles. The molecule has 206 valence electrons. The number of rotatable bonds is 9. The Kier molecular flexibility index (Phi) is 8.33. The number of fused-ring (bicyclic) bond motifs is 3. The molecule has 39 heavy (non-hydrogen) atoms. The van der Waals surface area contributed by atoms with E-state index in [1.807, 2.05) is 43.3 Å². The number of aromatic carboxylic acids is 1. The van der Waals surface area contributed by atoms with Gasteiger partial charge in [0.2, 0.25) is 5.88 Å². The van der Waals surface area contributed by atoms with E-state index in [2.05, 4.69) is 21.9 Å². The quantitative estimate of drug-likeness (QED) is 0.176. The molecular weight excluding hydrogens is 494 g/mol. The first-order valence-electron chi connectivity index (χ1n) is 13.8. The fourth-order valence-corrected chi connectivity index (χ4v) is 6.05. The maximum Gasteiger partial charge on any atom is 0.339 e. The van der Waals surface area contributed by atoms with E-state index in [9.17, 15) is 15.0 Å². The van der Waals surface area contributed by atoms with E-state index >= 15 is 0 Å². The van der Waals surface area contributed by atoms with Gasteiger partial charge < -0.3 is 24.7 Å². The van der Waals surface area contributed by atoms with Crippen molar-refractivity contribution in [2.24, 2.45) is 10.9 Å². The normalized spacial score (nSPS) is 18.9. The van der Waals surface area contributed by atoms with Crippen LogP contribution in [0.3, 0.4) is 0 Å². The molecule has 2 aliphatic rings. The smallest absolute Gasteiger partial charge is 0.339 e. The van der Waals surface area contributed by atoms with Gasteiger partial charge >= 0.3 is 5.97 Å². The predicted octanol–water partition coefficient (Wildman–Crippen LogP) is 6.02. The molecule has 2 heterocycles. The number of benzene rings is 2. The molecular formula is C31H37N3O5.